The second-order valence-electron chi connectivity index (χ2n) is 5.98. The normalized spacial score (nSPS) is 26.1. The van der Waals surface area contributed by atoms with E-state index in [2.05, 4.69) is 6.92 Å². The highest BCUT2D eigenvalue weighted by Crippen LogP contribution is 2.21. The molecular weight excluding hydrogens is 216 g/mol. The Bertz CT molecular complexity index is 261. The molecule has 0 spiro atoms. The zero-order valence-electron chi connectivity index (χ0n) is 11.5. The molecule has 1 aliphatic heterocycles. The smallest absolute Gasteiger partial charge is 0.248 e. The number of ether oxygens (including phenoxy) is 1. The molecule has 0 aliphatic carbocycles. The highest BCUT2D eigenvalue weighted by molar-refractivity contribution is 5.78. The zero-order chi connectivity index (χ0) is 13.1. The molecule has 0 aromatic rings. The molecule has 17 heavy (non-hydrogen) atoms. The van der Waals surface area contributed by atoms with E-state index in [1.54, 1.807) is 0 Å². The van der Waals surface area contributed by atoms with E-state index in [4.69, 9.17) is 10.5 Å². The standard InChI is InChI=1S/C13H26N2O2/c1-10-5-6-11(7-14)8-15(10)12(16)9-17-13(2,3)4/h10-11H,5-9,14H2,1-4H3. The van der Waals surface area contributed by atoms with Crippen LogP contribution in [0.25, 0.3) is 0 Å². The number of piperidine rings is 1. The summed E-state index contributed by atoms with van der Waals surface area (Å²) < 4.78 is 5.54. The van der Waals surface area contributed by atoms with Crippen molar-refractivity contribution in [2.45, 2.75) is 52.2 Å². The molecule has 2 N–H and O–H groups in total. The summed E-state index contributed by atoms with van der Waals surface area (Å²) >= 11 is 0. The summed E-state index contributed by atoms with van der Waals surface area (Å²) in [6, 6.07) is 0.314. The van der Waals surface area contributed by atoms with E-state index in [9.17, 15) is 4.79 Å². The van der Waals surface area contributed by atoms with Crippen LogP contribution in [0.15, 0.2) is 0 Å². The third-order valence-corrected chi connectivity index (χ3v) is 3.26. The van der Waals surface area contributed by atoms with Crippen LogP contribution in [0, 0.1) is 5.92 Å². The second-order valence-corrected chi connectivity index (χ2v) is 5.98. The molecule has 0 aromatic heterocycles. The maximum absolute atomic E-state index is 12.1. The zero-order valence-corrected chi connectivity index (χ0v) is 11.5. The average molecular weight is 242 g/mol. The van der Waals surface area contributed by atoms with Crippen molar-refractivity contribution in [2.75, 3.05) is 19.7 Å². The molecule has 100 valence electrons. The minimum atomic E-state index is -0.262. The van der Waals surface area contributed by atoms with E-state index in [-0.39, 0.29) is 18.1 Å². The molecule has 2 atom stereocenters. The van der Waals surface area contributed by atoms with Gasteiger partial charge in [-0.2, -0.15) is 0 Å². The maximum atomic E-state index is 12.1. The van der Waals surface area contributed by atoms with Crippen molar-refractivity contribution >= 4 is 5.91 Å². The number of hydrogen-bond donors (Lipinski definition) is 1. The number of likely N-dealkylation sites (tertiary alicyclic amines) is 1. The Labute approximate surface area is 104 Å². The first kappa shape index (κ1) is 14.5. The fourth-order valence-electron chi connectivity index (χ4n) is 2.08. The summed E-state index contributed by atoms with van der Waals surface area (Å²) in [7, 11) is 0. The lowest BCUT2D eigenvalue weighted by molar-refractivity contribution is -0.145. The van der Waals surface area contributed by atoms with Crippen molar-refractivity contribution < 1.29 is 9.53 Å². The molecule has 1 amide bonds. The van der Waals surface area contributed by atoms with E-state index in [0.29, 0.717) is 18.5 Å². The quantitative estimate of drug-likeness (QED) is 0.813. The van der Waals surface area contributed by atoms with E-state index in [1.165, 1.54) is 0 Å². The lowest BCUT2D eigenvalue weighted by Crippen LogP contribution is -2.49. The number of amides is 1. The van der Waals surface area contributed by atoms with Crippen LogP contribution >= 0.6 is 0 Å². The highest BCUT2D eigenvalue weighted by atomic mass is 16.5. The Kier molecular flexibility index (Phi) is 4.95. The Morgan fingerprint density at radius 2 is 2.06 bits per heavy atom. The summed E-state index contributed by atoms with van der Waals surface area (Å²) in [5.74, 6) is 0.537. The van der Waals surface area contributed by atoms with Gasteiger partial charge in [0.15, 0.2) is 0 Å². The molecule has 1 fully saturated rings. The molecule has 4 heteroatoms. The minimum Gasteiger partial charge on any atom is -0.366 e. The van der Waals surface area contributed by atoms with Crippen LogP contribution in [0.2, 0.25) is 0 Å². The van der Waals surface area contributed by atoms with Crippen molar-refractivity contribution in [3.05, 3.63) is 0 Å². The fraction of sp³-hybridized carbons (Fsp3) is 0.923. The molecule has 1 saturated heterocycles. The van der Waals surface area contributed by atoms with E-state index in [0.717, 1.165) is 19.4 Å². The van der Waals surface area contributed by atoms with Crippen LogP contribution in [0.1, 0.15) is 40.5 Å². The van der Waals surface area contributed by atoms with Gasteiger partial charge in [0.05, 0.1) is 5.60 Å². The van der Waals surface area contributed by atoms with Gasteiger partial charge in [-0.25, -0.2) is 0 Å². The molecule has 0 saturated carbocycles. The van der Waals surface area contributed by atoms with E-state index >= 15 is 0 Å². The number of nitrogens with two attached hydrogens (primary N) is 1. The molecule has 1 heterocycles. The van der Waals surface area contributed by atoms with Crippen molar-refractivity contribution in [2.24, 2.45) is 11.7 Å². The third kappa shape index (κ3) is 4.64. The molecular formula is C13H26N2O2. The molecule has 1 aliphatic rings. The van der Waals surface area contributed by atoms with Crippen molar-refractivity contribution in [3.63, 3.8) is 0 Å². The summed E-state index contributed by atoms with van der Waals surface area (Å²) in [5, 5.41) is 0. The topological polar surface area (TPSA) is 55.6 Å². The van der Waals surface area contributed by atoms with Gasteiger partial charge in [0.1, 0.15) is 6.61 Å². The van der Waals surface area contributed by atoms with Gasteiger partial charge in [0.25, 0.3) is 0 Å². The van der Waals surface area contributed by atoms with Crippen LogP contribution in [0.4, 0.5) is 0 Å². The summed E-state index contributed by atoms with van der Waals surface area (Å²) in [5.41, 5.74) is 5.42. The Morgan fingerprint density at radius 1 is 1.41 bits per heavy atom. The van der Waals surface area contributed by atoms with E-state index in [1.807, 2.05) is 25.7 Å². The predicted octanol–water partition coefficient (Wildman–Crippen LogP) is 1.39. The number of carbonyl (C=O) groups excluding carboxylic acids is 1. The highest BCUT2D eigenvalue weighted by Gasteiger charge is 2.28. The predicted molar refractivity (Wildman–Crippen MR) is 68.7 cm³/mol. The summed E-state index contributed by atoms with van der Waals surface area (Å²) in [6.45, 7) is 9.60. The fourth-order valence-corrected chi connectivity index (χ4v) is 2.08. The largest absolute Gasteiger partial charge is 0.366 e. The Balaban J connectivity index is 2.49. The SMILES string of the molecule is CC1CCC(CN)CN1C(=O)COC(C)(C)C. The molecule has 2 unspecified atom stereocenters. The van der Waals surface area contributed by atoms with Gasteiger partial charge in [-0.1, -0.05) is 0 Å². The third-order valence-electron chi connectivity index (χ3n) is 3.26. The van der Waals surface area contributed by atoms with Crippen molar-refractivity contribution in [3.8, 4) is 0 Å². The van der Waals surface area contributed by atoms with Crippen LogP contribution < -0.4 is 5.73 Å². The van der Waals surface area contributed by atoms with Gasteiger partial charge in [-0.3, -0.25) is 4.79 Å². The van der Waals surface area contributed by atoms with Gasteiger partial charge in [-0.05, 0) is 53.0 Å². The summed E-state index contributed by atoms with van der Waals surface area (Å²) in [6.07, 6.45) is 2.17. The lowest BCUT2D eigenvalue weighted by Gasteiger charge is -2.38. The van der Waals surface area contributed by atoms with Gasteiger partial charge >= 0.3 is 0 Å². The molecule has 0 radical (unpaired) electrons. The second kappa shape index (κ2) is 5.83. The first-order valence-electron chi connectivity index (χ1n) is 6.47. The van der Waals surface area contributed by atoms with Crippen LogP contribution in [0.5, 0.6) is 0 Å². The molecule has 0 bridgehead atoms. The summed E-state index contributed by atoms with van der Waals surface area (Å²) in [4.78, 5) is 14.0. The van der Waals surface area contributed by atoms with Crippen molar-refractivity contribution in [1.29, 1.82) is 0 Å². The average Bonchev–Trinajstić information content (AvgIpc) is 2.25. The molecule has 1 rings (SSSR count). The van der Waals surface area contributed by atoms with Gasteiger partial charge in [0, 0.05) is 12.6 Å². The number of carbonyl (C=O) groups is 1. The van der Waals surface area contributed by atoms with Gasteiger partial charge in [0.2, 0.25) is 5.91 Å². The molecule has 0 aromatic carbocycles. The lowest BCUT2D eigenvalue weighted by atomic mass is 9.93. The first-order valence-corrected chi connectivity index (χ1v) is 6.47. The number of rotatable bonds is 3. The monoisotopic (exact) mass is 242 g/mol. The maximum Gasteiger partial charge on any atom is 0.248 e. The van der Waals surface area contributed by atoms with Gasteiger partial charge < -0.3 is 15.4 Å². The van der Waals surface area contributed by atoms with Crippen LogP contribution in [-0.2, 0) is 9.53 Å². The van der Waals surface area contributed by atoms with Crippen LogP contribution in [-0.4, -0.2) is 42.1 Å². The van der Waals surface area contributed by atoms with Crippen LogP contribution in [0.3, 0.4) is 0 Å². The first-order chi connectivity index (χ1) is 7.83. The molecule has 4 nitrogen and oxygen atoms in total. The van der Waals surface area contributed by atoms with Crippen molar-refractivity contribution in [1.82, 2.24) is 4.90 Å². The Morgan fingerprint density at radius 3 is 2.59 bits per heavy atom. The number of hydrogen-bond acceptors (Lipinski definition) is 3. The van der Waals surface area contributed by atoms with Gasteiger partial charge in [-0.15, -0.1) is 0 Å². The Hall–Kier alpha value is -0.610. The van der Waals surface area contributed by atoms with E-state index < -0.39 is 0 Å². The number of nitrogens with zero attached hydrogens (tertiary/aromatic N) is 1. The minimum absolute atomic E-state index is 0.0885.